The molecule has 1 fully saturated rings. The SMILES string of the molecule is CS(=O)(=O)N1CCCC(Cn2ccc(C(=O)O)cc2=O)C1. The Bertz CT molecular complexity index is 695. The lowest BCUT2D eigenvalue weighted by molar-refractivity contribution is 0.0696. The van der Waals surface area contributed by atoms with Gasteiger partial charge in [-0.05, 0) is 24.8 Å². The molecule has 8 heteroatoms. The fraction of sp³-hybridized carbons (Fsp3) is 0.538. The normalized spacial score (nSPS) is 20.3. The summed E-state index contributed by atoms with van der Waals surface area (Å²) < 4.78 is 26.0. The van der Waals surface area contributed by atoms with Crippen LogP contribution in [0.3, 0.4) is 0 Å². The fourth-order valence-corrected chi connectivity index (χ4v) is 3.49. The van der Waals surface area contributed by atoms with Crippen LogP contribution in [0.15, 0.2) is 23.1 Å². The average molecular weight is 314 g/mol. The van der Waals surface area contributed by atoms with Crippen LogP contribution < -0.4 is 5.56 Å². The molecule has 1 atom stereocenters. The van der Waals surface area contributed by atoms with E-state index in [1.165, 1.54) is 27.4 Å². The predicted molar refractivity (Wildman–Crippen MR) is 76.8 cm³/mol. The van der Waals surface area contributed by atoms with Crippen molar-refractivity contribution in [3.63, 3.8) is 0 Å². The monoisotopic (exact) mass is 314 g/mol. The van der Waals surface area contributed by atoms with Crippen LogP contribution in [0, 0.1) is 5.92 Å². The first-order valence-electron chi connectivity index (χ1n) is 6.66. The van der Waals surface area contributed by atoms with E-state index in [0.717, 1.165) is 18.9 Å². The zero-order chi connectivity index (χ0) is 15.6. The molecule has 1 aromatic rings. The van der Waals surface area contributed by atoms with Gasteiger partial charge >= 0.3 is 5.97 Å². The second-order valence-corrected chi connectivity index (χ2v) is 7.32. The Morgan fingerprint density at radius 3 is 2.76 bits per heavy atom. The molecule has 7 nitrogen and oxygen atoms in total. The highest BCUT2D eigenvalue weighted by atomic mass is 32.2. The summed E-state index contributed by atoms with van der Waals surface area (Å²) >= 11 is 0. The van der Waals surface area contributed by atoms with Crippen LogP contribution in [0.25, 0.3) is 0 Å². The zero-order valence-corrected chi connectivity index (χ0v) is 12.5. The molecule has 21 heavy (non-hydrogen) atoms. The quantitative estimate of drug-likeness (QED) is 0.857. The van der Waals surface area contributed by atoms with Crippen molar-refractivity contribution >= 4 is 16.0 Å². The molecule has 2 rings (SSSR count). The van der Waals surface area contributed by atoms with E-state index in [0.29, 0.717) is 19.6 Å². The standard InChI is InChI=1S/C13H18N2O5S/c1-21(19,20)15-5-2-3-10(9-15)8-14-6-4-11(13(17)18)7-12(14)16/h4,6-7,10H,2-3,5,8-9H2,1H3,(H,17,18). The summed E-state index contributed by atoms with van der Waals surface area (Å²) in [5, 5.41) is 8.82. The second-order valence-electron chi connectivity index (χ2n) is 5.34. The fourth-order valence-electron chi connectivity index (χ4n) is 2.55. The lowest BCUT2D eigenvalue weighted by Gasteiger charge is -2.31. The lowest BCUT2D eigenvalue weighted by atomic mass is 9.99. The second kappa shape index (κ2) is 5.98. The van der Waals surface area contributed by atoms with Crippen molar-refractivity contribution in [2.24, 2.45) is 5.92 Å². The molecule has 1 N–H and O–H groups in total. The van der Waals surface area contributed by atoms with Gasteiger partial charge in [0.2, 0.25) is 10.0 Å². The van der Waals surface area contributed by atoms with Gasteiger partial charge in [0.1, 0.15) is 0 Å². The number of carbonyl (C=O) groups is 1. The van der Waals surface area contributed by atoms with Crippen molar-refractivity contribution in [2.75, 3.05) is 19.3 Å². The molecule has 0 saturated carbocycles. The van der Waals surface area contributed by atoms with Gasteiger partial charge in [-0.3, -0.25) is 4.79 Å². The Kier molecular flexibility index (Phi) is 4.48. The molecule has 0 aromatic carbocycles. The van der Waals surface area contributed by atoms with E-state index in [4.69, 9.17) is 5.11 Å². The van der Waals surface area contributed by atoms with Gasteiger partial charge < -0.3 is 9.67 Å². The summed E-state index contributed by atoms with van der Waals surface area (Å²) in [6.07, 6.45) is 4.24. The average Bonchev–Trinajstić information content (AvgIpc) is 2.40. The predicted octanol–water partition coefficient (Wildman–Crippen LogP) is 0.218. The molecule has 0 radical (unpaired) electrons. The molecule has 1 saturated heterocycles. The molecule has 0 amide bonds. The minimum atomic E-state index is -3.21. The third kappa shape index (κ3) is 3.92. The first kappa shape index (κ1) is 15.7. The highest BCUT2D eigenvalue weighted by Crippen LogP contribution is 2.19. The molecule has 0 aliphatic carbocycles. The first-order valence-corrected chi connectivity index (χ1v) is 8.51. The number of nitrogens with zero attached hydrogens (tertiary/aromatic N) is 2. The van der Waals surface area contributed by atoms with E-state index in [9.17, 15) is 18.0 Å². The van der Waals surface area contributed by atoms with Crippen molar-refractivity contribution in [3.8, 4) is 0 Å². The van der Waals surface area contributed by atoms with Crippen LogP contribution in [0.5, 0.6) is 0 Å². The number of pyridine rings is 1. The van der Waals surface area contributed by atoms with Crippen LogP contribution in [0.1, 0.15) is 23.2 Å². The van der Waals surface area contributed by atoms with E-state index < -0.39 is 16.0 Å². The number of carboxylic acids is 1. The van der Waals surface area contributed by atoms with E-state index >= 15 is 0 Å². The Labute approximate surface area is 122 Å². The largest absolute Gasteiger partial charge is 0.478 e. The maximum Gasteiger partial charge on any atom is 0.335 e. The number of carboxylic acid groups (broad SMARTS) is 1. The van der Waals surface area contributed by atoms with Crippen molar-refractivity contribution < 1.29 is 18.3 Å². The summed E-state index contributed by atoms with van der Waals surface area (Å²) in [6, 6.07) is 2.46. The van der Waals surface area contributed by atoms with Crippen molar-refractivity contribution in [3.05, 3.63) is 34.2 Å². The Balaban J connectivity index is 2.11. The number of aromatic carboxylic acids is 1. The maximum atomic E-state index is 11.9. The van der Waals surface area contributed by atoms with Gasteiger partial charge in [0, 0.05) is 31.9 Å². The van der Waals surface area contributed by atoms with Crippen LogP contribution in [0.4, 0.5) is 0 Å². The summed E-state index contributed by atoms with van der Waals surface area (Å²) in [4.78, 5) is 22.7. The van der Waals surface area contributed by atoms with Gasteiger partial charge in [0.25, 0.3) is 5.56 Å². The maximum absolute atomic E-state index is 11.9. The van der Waals surface area contributed by atoms with Gasteiger partial charge in [0.05, 0.1) is 11.8 Å². The Morgan fingerprint density at radius 2 is 2.19 bits per heavy atom. The van der Waals surface area contributed by atoms with Gasteiger partial charge in [-0.25, -0.2) is 17.5 Å². The molecular formula is C13H18N2O5S. The smallest absolute Gasteiger partial charge is 0.335 e. The molecular weight excluding hydrogens is 296 g/mol. The van der Waals surface area contributed by atoms with E-state index in [1.807, 2.05) is 0 Å². The first-order chi connectivity index (χ1) is 9.77. The summed E-state index contributed by atoms with van der Waals surface area (Å²) in [6.45, 7) is 1.30. The summed E-state index contributed by atoms with van der Waals surface area (Å²) in [5.41, 5.74) is -0.427. The third-order valence-corrected chi connectivity index (χ3v) is 4.92. The zero-order valence-electron chi connectivity index (χ0n) is 11.7. The number of hydrogen-bond acceptors (Lipinski definition) is 4. The van der Waals surface area contributed by atoms with E-state index in [-0.39, 0.29) is 17.0 Å². The van der Waals surface area contributed by atoms with Crippen molar-refractivity contribution in [1.29, 1.82) is 0 Å². The minimum Gasteiger partial charge on any atom is -0.478 e. The molecule has 1 aromatic heterocycles. The Morgan fingerprint density at radius 1 is 1.48 bits per heavy atom. The summed E-state index contributed by atoms with van der Waals surface area (Å²) in [5.74, 6) is -1.08. The molecule has 116 valence electrons. The molecule has 1 aliphatic heterocycles. The minimum absolute atomic E-state index is 0.0438. The topological polar surface area (TPSA) is 96.7 Å². The summed E-state index contributed by atoms with van der Waals surface area (Å²) in [7, 11) is -3.21. The van der Waals surface area contributed by atoms with Crippen LogP contribution >= 0.6 is 0 Å². The molecule has 1 aliphatic rings. The van der Waals surface area contributed by atoms with Crippen molar-refractivity contribution in [1.82, 2.24) is 8.87 Å². The van der Waals surface area contributed by atoms with E-state index in [2.05, 4.69) is 0 Å². The number of sulfonamides is 1. The highest BCUT2D eigenvalue weighted by Gasteiger charge is 2.26. The Hall–Kier alpha value is -1.67. The van der Waals surface area contributed by atoms with Crippen LogP contribution in [0.2, 0.25) is 0 Å². The third-order valence-electron chi connectivity index (χ3n) is 3.65. The van der Waals surface area contributed by atoms with E-state index in [1.54, 1.807) is 0 Å². The molecule has 1 unspecified atom stereocenters. The van der Waals surface area contributed by atoms with Gasteiger partial charge in [-0.2, -0.15) is 0 Å². The van der Waals surface area contributed by atoms with Gasteiger partial charge in [-0.15, -0.1) is 0 Å². The highest BCUT2D eigenvalue weighted by molar-refractivity contribution is 7.88. The lowest BCUT2D eigenvalue weighted by Crippen LogP contribution is -2.41. The van der Waals surface area contributed by atoms with Gasteiger partial charge in [-0.1, -0.05) is 0 Å². The van der Waals surface area contributed by atoms with Crippen molar-refractivity contribution in [2.45, 2.75) is 19.4 Å². The number of aromatic nitrogens is 1. The molecule has 0 spiro atoms. The van der Waals surface area contributed by atoms with Crippen LogP contribution in [-0.2, 0) is 16.6 Å². The number of piperidine rings is 1. The molecule has 0 bridgehead atoms. The van der Waals surface area contributed by atoms with Crippen LogP contribution in [-0.4, -0.2) is 47.7 Å². The van der Waals surface area contributed by atoms with Gasteiger partial charge in [0.15, 0.2) is 0 Å². The number of hydrogen-bond donors (Lipinski definition) is 1. The molecule has 2 heterocycles. The number of rotatable bonds is 4.